The van der Waals surface area contributed by atoms with Gasteiger partial charge < -0.3 is 10.6 Å². The summed E-state index contributed by atoms with van der Waals surface area (Å²) in [6.45, 7) is 5.91. The maximum Gasteiger partial charge on any atom is 0.246 e. The second-order valence-electron chi connectivity index (χ2n) is 5.69. The van der Waals surface area contributed by atoms with E-state index in [9.17, 15) is 18.4 Å². The topological polar surface area (TPSA) is 58.2 Å². The predicted molar refractivity (Wildman–Crippen MR) is 83.5 cm³/mol. The molecule has 1 aromatic carbocycles. The average Bonchev–Trinajstić information content (AvgIpc) is 2.44. The number of likely N-dealkylation sites (N-methyl/N-ethyl adjacent to an activating group) is 1. The van der Waals surface area contributed by atoms with Gasteiger partial charge in [0.1, 0.15) is 6.04 Å². The van der Waals surface area contributed by atoms with Crippen LogP contribution in [0.1, 0.15) is 32.4 Å². The highest BCUT2D eigenvalue weighted by Crippen LogP contribution is 2.23. The van der Waals surface area contributed by atoms with Crippen molar-refractivity contribution < 1.29 is 18.4 Å². The Bertz CT molecular complexity index is 559. The van der Waals surface area contributed by atoms with Crippen molar-refractivity contribution in [3.8, 4) is 0 Å². The number of halogens is 2. The normalized spacial score (nSPS) is 12.6. The van der Waals surface area contributed by atoms with Crippen molar-refractivity contribution in [2.75, 3.05) is 12.8 Å². The summed E-state index contributed by atoms with van der Waals surface area (Å²) in [6.07, 6.45) is 0. The Morgan fingerprint density at radius 2 is 1.86 bits per heavy atom. The summed E-state index contributed by atoms with van der Waals surface area (Å²) in [6, 6.07) is 2.05. The summed E-state index contributed by atoms with van der Waals surface area (Å²) in [7, 11) is 1.41. The zero-order chi connectivity index (χ0) is 16.9. The van der Waals surface area contributed by atoms with Crippen LogP contribution < -0.4 is 10.6 Å². The van der Waals surface area contributed by atoms with Crippen LogP contribution in [0, 0.1) is 11.6 Å². The maximum atomic E-state index is 13.3. The highest BCUT2D eigenvalue weighted by Gasteiger charge is 2.23. The number of carbonyl (C=O) groups is 2. The second kappa shape index (κ2) is 7.58. The number of thioether (sulfide) groups is 1. The molecule has 1 rings (SSSR count). The number of nitrogens with one attached hydrogen (secondary N) is 2. The van der Waals surface area contributed by atoms with Gasteiger partial charge in [-0.15, -0.1) is 11.8 Å². The monoisotopic (exact) mass is 330 g/mol. The SMILES string of the molecule is CNC(=O)C(NC(=O)CSC(C)(C)C)c1ccc(F)c(F)c1. The van der Waals surface area contributed by atoms with Gasteiger partial charge in [0.05, 0.1) is 5.75 Å². The van der Waals surface area contributed by atoms with E-state index in [-0.39, 0.29) is 22.0 Å². The molecule has 1 atom stereocenters. The molecule has 0 spiro atoms. The van der Waals surface area contributed by atoms with E-state index in [1.54, 1.807) is 0 Å². The summed E-state index contributed by atoms with van der Waals surface area (Å²) >= 11 is 1.43. The van der Waals surface area contributed by atoms with Crippen molar-refractivity contribution in [2.45, 2.75) is 31.6 Å². The van der Waals surface area contributed by atoms with Gasteiger partial charge in [-0.2, -0.15) is 0 Å². The quantitative estimate of drug-likeness (QED) is 0.872. The average molecular weight is 330 g/mol. The third-order valence-corrected chi connectivity index (χ3v) is 4.00. The van der Waals surface area contributed by atoms with Crippen LogP contribution in [0.2, 0.25) is 0 Å². The summed E-state index contributed by atoms with van der Waals surface area (Å²) < 4.78 is 26.2. The van der Waals surface area contributed by atoms with Crippen LogP contribution in [-0.4, -0.2) is 29.4 Å². The number of hydrogen-bond donors (Lipinski definition) is 2. The van der Waals surface area contributed by atoms with E-state index >= 15 is 0 Å². The van der Waals surface area contributed by atoms with Crippen LogP contribution in [0.25, 0.3) is 0 Å². The first kappa shape index (κ1) is 18.4. The molecule has 7 heteroatoms. The number of carbonyl (C=O) groups excluding carboxylic acids is 2. The zero-order valence-electron chi connectivity index (χ0n) is 13.0. The van der Waals surface area contributed by atoms with Crippen molar-refractivity contribution >= 4 is 23.6 Å². The van der Waals surface area contributed by atoms with Gasteiger partial charge in [0.2, 0.25) is 11.8 Å². The maximum absolute atomic E-state index is 13.3. The Labute approximate surface area is 133 Å². The van der Waals surface area contributed by atoms with Crippen LogP contribution in [0.15, 0.2) is 18.2 Å². The van der Waals surface area contributed by atoms with E-state index in [4.69, 9.17) is 0 Å². The van der Waals surface area contributed by atoms with Gasteiger partial charge in [-0.25, -0.2) is 8.78 Å². The largest absolute Gasteiger partial charge is 0.357 e. The number of hydrogen-bond acceptors (Lipinski definition) is 3. The van der Waals surface area contributed by atoms with Crippen LogP contribution >= 0.6 is 11.8 Å². The van der Waals surface area contributed by atoms with Gasteiger partial charge in [-0.3, -0.25) is 9.59 Å². The lowest BCUT2D eigenvalue weighted by molar-refractivity contribution is -0.127. The van der Waals surface area contributed by atoms with E-state index in [1.807, 2.05) is 20.8 Å². The third kappa shape index (κ3) is 5.63. The minimum absolute atomic E-state index is 0.0954. The molecule has 2 N–H and O–H groups in total. The fraction of sp³-hybridized carbons (Fsp3) is 0.467. The molecular formula is C15H20F2N2O2S. The summed E-state index contributed by atoms with van der Waals surface area (Å²) in [5, 5.41) is 4.94. The van der Waals surface area contributed by atoms with E-state index in [0.717, 1.165) is 12.1 Å². The van der Waals surface area contributed by atoms with Gasteiger partial charge in [0.25, 0.3) is 0 Å². The molecule has 0 bridgehead atoms. The van der Waals surface area contributed by atoms with E-state index in [2.05, 4.69) is 10.6 Å². The lowest BCUT2D eigenvalue weighted by Gasteiger charge is -2.20. The van der Waals surface area contributed by atoms with E-state index < -0.39 is 23.6 Å². The predicted octanol–water partition coefficient (Wildman–Crippen LogP) is 2.40. The van der Waals surface area contributed by atoms with Gasteiger partial charge >= 0.3 is 0 Å². The van der Waals surface area contributed by atoms with E-state index in [0.29, 0.717) is 0 Å². The first-order valence-corrected chi connectivity index (χ1v) is 7.72. The molecule has 0 aliphatic carbocycles. The van der Waals surface area contributed by atoms with Gasteiger partial charge in [0, 0.05) is 11.8 Å². The Hall–Kier alpha value is -1.63. The molecule has 2 amide bonds. The van der Waals surface area contributed by atoms with Crippen molar-refractivity contribution in [3.05, 3.63) is 35.4 Å². The molecule has 1 aromatic rings. The zero-order valence-corrected chi connectivity index (χ0v) is 13.8. The van der Waals surface area contributed by atoms with Crippen LogP contribution in [0.4, 0.5) is 8.78 Å². The molecule has 0 aliphatic rings. The molecule has 22 heavy (non-hydrogen) atoms. The molecule has 122 valence electrons. The molecule has 0 heterocycles. The van der Waals surface area contributed by atoms with Gasteiger partial charge in [-0.1, -0.05) is 26.8 Å². The van der Waals surface area contributed by atoms with Crippen molar-refractivity contribution in [3.63, 3.8) is 0 Å². The number of benzene rings is 1. The molecule has 4 nitrogen and oxygen atoms in total. The lowest BCUT2D eigenvalue weighted by Crippen LogP contribution is -2.40. The Kier molecular flexibility index (Phi) is 6.34. The second-order valence-corrected chi connectivity index (χ2v) is 7.49. The highest BCUT2D eigenvalue weighted by molar-refractivity contribution is 8.01. The molecule has 0 radical (unpaired) electrons. The van der Waals surface area contributed by atoms with Gasteiger partial charge in [0.15, 0.2) is 11.6 Å². The highest BCUT2D eigenvalue weighted by atomic mass is 32.2. The number of rotatable bonds is 5. The summed E-state index contributed by atoms with van der Waals surface area (Å²) in [4.78, 5) is 23.9. The summed E-state index contributed by atoms with van der Waals surface area (Å²) in [5.41, 5.74) is 0.187. The van der Waals surface area contributed by atoms with Crippen molar-refractivity contribution in [1.82, 2.24) is 10.6 Å². The molecule has 1 unspecified atom stereocenters. The minimum Gasteiger partial charge on any atom is -0.357 e. The Morgan fingerprint density at radius 3 is 2.36 bits per heavy atom. The Morgan fingerprint density at radius 1 is 1.23 bits per heavy atom. The van der Waals surface area contributed by atoms with Crippen LogP contribution in [0.3, 0.4) is 0 Å². The lowest BCUT2D eigenvalue weighted by atomic mass is 10.1. The first-order valence-electron chi connectivity index (χ1n) is 6.74. The van der Waals surface area contributed by atoms with Crippen molar-refractivity contribution in [1.29, 1.82) is 0 Å². The van der Waals surface area contributed by atoms with Gasteiger partial charge in [-0.05, 0) is 17.7 Å². The van der Waals surface area contributed by atoms with E-state index in [1.165, 1.54) is 24.9 Å². The fourth-order valence-electron chi connectivity index (χ4n) is 1.62. The molecule has 0 aromatic heterocycles. The Balaban J connectivity index is 2.87. The van der Waals surface area contributed by atoms with Crippen LogP contribution in [0.5, 0.6) is 0 Å². The van der Waals surface area contributed by atoms with Crippen molar-refractivity contribution in [2.24, 2.45) is 0 Å². The molecule has 0 saturated heterocycles. The molecule has 0 saturated carbocycles. The molecule has 0 fully saturated rings. The minimum atomic E-state index is -1.07. The summed E-state index contributed by atoms with van der Waals surface area (Å²) in [5.74, 6) is -2.75. The standard InChI is InChI=1S/C15H20F2N2O2S/c1-15(2,3)22-8-12(20)19-13(14(21)18-4)9-5-6-10(16)11(17)7-9/h5-7,13H,8H2,1-4H3,(H,18,21)(H,19,20). The fourth-order valence-corrected chi connectivity index (χ4v) is 2.27. The molecular weight excluding hydrogens is 310 g/mol. The number of amides is 2. The first-order chi connectivity index (χ1) is 10.1. The smallest absolute Gasteiger partial charge is 0.246 e. The van der Waals surface area contributed by atoms with Crippen LogP contribution in [-0.2, 0) is 9.59 Å². The third-order valence-electron chi connectivity index (χ3n) is 2.73. The molecule has 0 aliphatic heterocycles.